The van der Waals surface area contributed by atoms with Crippen molar-refractivity contribution in [2.45, 2.75) is 39.5 Å². The minimum atomic E-state index is 0.0291. The number of aromatic nitrogens is 2. The molecule has 3 heteroatoms. The van der Waals surface area contributed by atoms with Gasteiger partial charge in [-0.05, 0) is 6.92 Å². The van der Waals surface area contributed by atoms with E-state index in [-0.39, 0.29) is 11.2 Å². The van der Waals surface area contributed by atoms with Crippen molar-refractivity contribution >= 4 is 5.78 Å². The van der Waals surface area contributed by atoms with Crippen LogP contribution in [-0.2, 0) is 16.6 Å². The topological polar surface area (TPSA) is 45.8 Å². The number of aromatic amines is 1. The number of hydrogen-bond acceptors (Lipinski definition) is 2. The van der Waals surface area contributed by atoms with E-state index >= 15 is 0 Å². The maximum absolute atomic E-state index is 10.9. The SMILES string of the molecule is CC(=O)Cc1cn[nH]c1C(C)(C)C. The summed E-state index contributed by atoms with van der Waals surface area (Å²) in [5.74, 6) is 0.173. The van der Waals surface area contributed by atoms with E-state index in [9.17, 15) is 4.79 Å². The van der Waals surface area contributed by atoms with Crippen molar-refractivity contribution in [3.05, 3.63) is 17.5 Å². The van der Waals surface area contributed by atoms with Crippen molar-refractivity contribution in [3.8, 4) is 0 Å². The molecule has 3 nitrogen and oxygen atoms in total. The smallest absolute Gasteiger partial charge is 0.134 e. The van der Waals surface area contributed by atoms with Crippen LogP contribution in [0, 0.1) is 0 Å². The Morgan fingerprint density at radius 2 is 2.15 bits per heavy atom. The van der Waals surface area contributed by atoms with Crippen LogP contribution in [0.25, 0.3) is 0 Å². The van der Waals surface area contributed by atoms with Gasteiger partial charge in [-0.2, -0.15) is 5.10 Å². The fourth-order valence-electron chi connectivity index (χ4n) is 1.36. The normalized spacial score (nSPS) is 11.7. The van der Waals surface area contributed by atoms with Crippen molar-refractivity contribution in [2.24, 2.45) is 0 Å². The van der Waals surface area contributed by atoms with Gasteiger partial charge >= 0.3 is 0 Å². The van der Waals surface area contributed by atoms with Crippen LogP contribution in [0.4, 0.5) is 0 Å². The Morgan fingerprint density at radius 3 is 2.62 bits per heavy atom. The minimum absolute atomic E-state index is 0.0291. The molecule has 0 bridgehead atoms. The zero-order chi connectivity index (χ0) is 10.1. The summed E-state index contributed by atoms with van der Waals surface area (Å²) in [6, 6.07) is 0. The Kier molecular flexibility index (Phi) is 2.55. The molecule has 0 radical (unpaired) electrons. The van der Waals surface area contributed by atoms with E-state index in [0.717, 1.165) is 11.3 Å². The van der Waals surface area contributed by atoms with Gasteiger partial charge in [-0.25, -0.2) is 0 Å². The van der Waals surface area contributed by atoms with Crippen LogP contribution >= 0.6 is 0 Å². The van der Waals surface area contributed by atoms with Crippen LogP contribution < -0.4 is 0 Å². The summed E-state index contributed by atoms with van der Waals surface area (Å²) >= 11 is 0. The lowest BCUT2D eigenvalue weighted by molar-refractivity contribution is -0.116. The van der Waals surface area contributed by atoms with Crippen LogP contribution in [0.15, 0.2) is 6.20 Å². The van der Waals surface area contributed by atoms with E-state index in [1.807, 2.05) is 0 Å². The Balaban J connectivity index is 2.96. The first-order valence-corrected chi connectivity index (χ1v) is 4.43. The van der Waals surface area contributed by atoms with Gasteiger partial charge in [-0.15, -0.1) is 0 Å². The molecule has 13 heavy (non-hydrogen) atoms. The van der Waals surface area contributed by atoms with Crippen LogP contribution in [0.3, 0.4) is 0 Å². The predicted octanol–water partition coefficient (Wildman–Crippen LogP) is 1.84. The molecule has 0 aliphatic carbocycles. The molecule has 0 amide bonds. The van der Waals surface area contributed by atoms with Crippen molar-refractivity contribution in [1.82, 2.24) is 10.2 Å². The van der Waals surface area contributed by atoms with Gasteiger partial charge in [0, 0.05) is 23.1 Å². The third kappa shape index (κ3) is 2.41. The third-order valence-corrected chi connectivity index (χ3v) is 1.91. The number of ketones is 1. The second kappa shape index (κ2) is 3.32. The first kappa shape index (κ1) is 9.96. The highest BCUT2D eigenvalue weighted by Gasteiger charge is 2.20. The van der Waals surface area contributed by atoms with Crippen LogP contribution in [0.1, 0.15) is 39.0 Å². The van der Waals surface area contributed by atoms with E-state index in [1.54, 1.807) is 13.1 Å². The Bertz CT molecular complexity index is 307. The molecule has 0 aliphatic heterocycles. The summed E-state index contributed by atoms with van der Waals surface area (Å²) in [4.78, 5) is 10.9. The fraction of sp³-hybridized carbons (Fsp3) is 0.600. The number of H-pyrrole nitrogens is 1. The van der Waals surface area contributed by atoms with Gasteiger partial charge in [0.1, 0.15) is 5.78 Å². The third-order valence-electron chi connectivity index (χ3n) is 1.91. The molecule has 0 aromatic carbocycles. The molecule has 0 aliphatic rings. The maximum atomic E-state index is 10.9. The summed E-state index contributed by atoms with van der Waals surface area (Å²) in [6.07, 6.45) is 2.21. The Hall–Kier alpha value is -1.12. The largest absolute Gasteiger partial charge is 0.300 e. The molecule has 1 aromatic rings. The molecule has 1 aromatic heterocycles. The second-order valence-corrected chi connectivity index (χ2v) is 4.40. The molecule has 0 atom stereocenters. The summed E-state index contributed by atoms with van der Waals surface area (Å²) in [5, 5.41) is 6.91. The molecule has 0 unspecified atom stereocenters. The number of Topliss-reactive ketones (excluding diaryl/α,β-unsaturated/α-hetero) is 1. The van der Waals surface area contributed by atoms with Crippen molar-refractivity contribution in [1.29, 1.82) is 0 Å². The Morgan fingerprint density at radius 1 is 1.54 bits per heavy atom. The Labute approximate surface area is 78.5 Å². The van der Waals surface area contributed by atoms with Crippen LogP contribution in [-0.4, -0.2) is 16.0 Å². The number of carbonyl (C=O) groups is 1. The standard InChI is InChI=1S/C10H16N2O/c1-7(13)5-8-6-11-12-9(8)10(2,3)4/h6H,5H2,1-4H3,(H,11,12). The van der Waals surface area contributed by atoms with E-state index in [0.29, 0.717) is 6.42 Å². The summed E-state index contributed by atoms with van der Waals surface area (Å²) in [5.41, 5.74) is 2.10. The molecular weight excluding hydrogens is 164 g/mol. The lowest BCUT2D eigenvalue weighted by atomic mass is 9.88. The highest BCUT2D eigenvalue weighted by molar-refractivity contribution is 5.78. The fourth-order valence-corrected chi connectivity index (χ4v) is 1.36. The zero-order valence-electron chi connectivity index (χ0n) is 8.64. The van der Waals surface area contributed by atoms with Gasteiger partial charge < -0.3 is 0 Å². The van der Waals surface area contributed by atoms with Crippen molar-refractivity contribution < 1.29 is 4.79 Å². The molecule has 0 saturated heterocycles. The molecular formula is C10H16N2O. The lowest BCUT2D eigenvalue weighted by Gasteiger charge is -2.17. The molecule has 0 saturated carbocycles. The van der Waals surface area contributed by atoms with Gasteiger partial charge in [0.15, 0.2) is 0 Å². The van der Waals surface area contributed by atoms with Gasteiger partial charge in [0.05, 0.1) is 6.20 Å². The maximum Gasteiger partial charge on any atom is 0.134 e. The van der Waals surface area contributed by atoms with Gasteiger partial charge in [-0.1, -0.05) is 20.8 Å². The van der Waals surface area contributed by atoms with Gasteiger partial charge in [0.2, 0.25) is 0 Å². The summed E-state index contributed by atoms with van der Waals surface area (Å²) < 4.78 is 0. The minimum Gasteiger partial charge on any atom is -0.300 e. The van der Waals surface area contributed by atoms with Crippen LogP contribution in [0.2, 0.25) is 0 Å². The number of carbonyl (C=O) groups excluding carboxylic acids is 1. The number of rotatable bonds is 2. The molecule has 1 N–H and O–H groups in total. The highest BCUT2D eigenvalue weighted by atomic mass is 16.1. The monoisotopic (exact) mass is 180 g/mol. The van der Waals surface area contributed by atoms with E-state index < -0.39 is 0 Å². The first-order valence-electron chi connectivity index (χ1n) is 4.43. The van der Waals surface area contributed by atoms with E-state index in [1.165, 1.54) is 0 Å². The zero-order valence-corrected chi connectivity index (χ0v) is 8.64. The number of nitrogens with one attached hydrogen (secondary N) is 1. The molecule has 1 heterocycles. The van der Waals surface area contributed by atoms with Gasteiger partial charge in [0.25, 0.3) is 0 Å². The number of nitrogens with zero attached hydrogens (tertiary/aromatic N) is 1. The van der Waals surface area contributed by atoms with Crippen LogP contribution in [0.5, 0.6) is 0 Å². The van der Waals surface area contributed by atoms with Crippen molar-refractivity contribution in [2.75, 3.05) is 0 Å². The van der Waals surface area contributed by atoms with Gasteiger partial charge in [-0.3, -0.25) is 9.89 Å². The summed E-state index contributed by atoms with van der Waals surface area (Å²) in [7, 11) is 0. The first-order chi connectivity index (χ1) is 5.91. The van der Waals surface area contributed by atoms with Crippen molar-refractivity contribution in [3.63, 3.8) is 0 Å². The lowest BCUT2D eigenvalue weighted by Crippen LogP contribution is -2.15. The second-order valence-electron chi connectivity index (χ2n) is 4.40. The molecule has 0 fully saturated rings. The van der Waals surface area contributed by atoms with E-state index in [4.69, 9.17) is 0 Å². The average Bonchev–Trinajstić information content (AvgIpc) is 2.31. The molecule has 0 spiro atoms. The highest BCUT2D eigenvalue weighted by Crippen LogP contribution is 2.23. The molecule has 1 rings (SSSR count). The quantitative estimate of drug-likeness (QED) is 0.754. The van der Waals surface area contributed by atoms with E-state index in [2.05, 4.69) is 31.0 Å². The number of hydrogen-bond donors (Lipinski definition) is 1. The predicted molar refractivity (Wildman–Crippen MR) is 51.7 cm³/mol. The molecule has 72 valence electrons. The average molecular weight is 180 g/mol. The summed E-state index contributed by atoms with van der Waals surface area (Å²) in [6.45, 7) is 7.90.